The molecule has 0 radical (unpaired) electrons. The molecule has 8 heteroatoms. The fourth-order valence-corrected chi connectivity index (χ4v) is 2.25. The first-order valence-electron chi connectivity index (χ1n) is 6.14. The van der Waals surface area contributed by atoms with E-state index in [0.717, 1.165) is 10.2 Å². The summed E-state index contributed by atoms with van der Waals surface area (Å²) < 4.78 is 43.1. The molecule has 0 aliphatic carbocycles. The molecule has 21 heavy (non-hydrogen) atoms. The van der Waals surface area contributed by atoms with Gasteiger partial charge in [0, 0.05) is 18.0 Å². The third-order valence-electron chi connectivity index (χ3n) is 3.09. The first kappa shape index (κ1) is 13.6. The first-order valence-corrected chi connectivity index (χ1v) is 6.14. The topological polar surface area (TPSA) is 52.3 Å². The number of rotatable bonds is 3. The van der Waals surface area contributed by atoms with Gasteiger partial charge in [-0.2, -0.15) is 18.3 Å². The van der Waals surface area contributed by atoms with Gasteiger partial charge in [0.2, 0.25) is 5.88 Å². The van der Waals surface area contributed by atoms with Crippen LogP contribution < -0.4 is 4.74 Å². The molecule has 0 bridgehead atoms. The van der Waals surface area contributed by atoms with Gasteiger partial charge < -0.3 is 4.74 Å². The number of hydrogen-bond acceptors (Lipinski definition) is 4. The van der Waals surface area contributed by atoms with Crippen LogP contribution in [0.4, 0.5) is 13.2 Å². The lowest BCUT2D eigenvalue weighted by Gasteiger charge is -2.07. The van der Waals surface area contributed by atoms with Crippen molar-refractivity contribution in [2.24, 2.45) is 4.99 Å². The van der Waals surface area contributed by atoms with Gasteiger partial charge in [-0.3, -0.25) is 9.67 Å². The number of alkyl halides is 3. The SMILES string of the molecule is COc1nccc2c1C(c1cnn(CC(F)(F)F)c1)=NC2. The van der Waals surface area contributed by atoms with Crippen molar-refractivity contribution >= 4 is 5.71 Å². The minimum atomic E-state index is -4.31. The highest BCUT2D eigenvalue weighted by molar-refractivity contribution is 6.16. The summed E-state index contributed by atoms with van der Waals surface area (Å²) in [6, 6.07) is 1.81. The maximum absolute atomic E-state index is 12.4. The summed E-state index contributed by atoms with van der Waals surface area (Å²) in [5, 5.41) is 3.73. The van der Waals surface area contributed by atoms with Gasteiger partial charge in [0.25, 0.3) is 0 Å². The molecule has 0 saturated carbocycles. The lowest BCUT2D eigenvalue weighted by molar-refractivity contribution is -0.142. The van der Waals surface area contributed by atoms with E-state index in [2.05, 4.69) is 15.1 Å². The van der Waals surface area contributed by atoms with Crippen molar-refractivity contribution in [3.05, 3.63) is 41.3 Å². The summed E-state index contributed by atoms with van der Waals surface area (Å²) in [6.45, 7) is -0.675. The standard InChI is InChI=1S/C13H11F3N4O/c1-21-12-10-8(2-3-17-12)4-18-11(10)9-5-19-20(6-9)7-13(14,15)16/h2-3,5-6H,4,7H2,1H3. The minimum absolute atomic E-state index is 0.410. The maximum atomic E-state index is 12.4. The fourth-order valence-electron chi connectivity index (χ4n) is 2.25. The van der Waals surface area contributed by atoms with Crippen molar-refractivity contribution in [3.63, 3.8) is 0 Å². The van der Waals surface area contributed by atoms with Gasteiger partial charge in [-0.1, -0.05) is 0 Å². The van der Waals surface area contributed by atoms with Crippen LogP contribution in [0.1, 0.15) is 16.7 Å². The molecule has 0 amide bonds. The highest BCUT2D eigenvalue weighted by Crippen LogP contribution is 2.29. The zero-order chi connectivity index (χ0) is 15.0. The number of fused-ring (bicyclic) bond motifs is 1. The van der Waals surface area contributed by atoms with Crippen LogP contribution in [0.3, 0.4) is 0 Å². The van der Waals surface area contributed by atoms with E-state index < -0.39 is 12.7 Å². The molecule has 3 rings (SSSR count). The quantitative estimate of drug-likeness (QED) is 0.872. The molecule has 0 spiro atoms. The molecule has 3 heterocycles. The minimum Gasteiger partial charge on any atom is -0.480 e. The number of aliphatic imine (C=N–C) groups is 1. The Morgan fingerprint density at radius 2 is 2.19 bits per heavy atom. The van der Waals surface area contributed by atoms with Crippen LogP contribution in [0, 0.1) is 0 Å². The van der Waals surface area contributed by atoms with Crippen LogP contribution in [0.2, 0.25) is 0 Å². The Balaban J connectivity index is 1.95. The fraction of sp³-hybridized carbons (Fsp3) is 0.308. The van der Waals surface area contributed by atoms with Gasteiger partial charge >= 0.3 is 6.18 Å². The van der Waals surface area contributed by atoms with E-state index in [9.17, 15) is 13.2 Å². The van der Waals surface area contributed by atoms with E-state index >= 15 is 0 Å². The molecule has 0 fully saturated rings. The maximum Gasteiger partial charge on any atom is 0.408 e. The van der Waals surface area contributed by atoms with Crippen molar-refractivity contribution in [1.82, 2.24) is 14.8 Å². The van der Waals surface area contributed by atoms with E-state index in [1.54, 1.807) is 6.20 Å². The van der Waals surface area contributed by atoms with Gasteiger partial charge in [-0.05, 0) is 11.6 Å². The summed E-state index contributed by atoms with van der Waals surface area (Å²) in [5.41, 5.74) is 2.72. The van der Waals surface area contributed by atoms with E-state index in [0.29, 0.717) is 29.3 Å². The summed E-state index contributed by atoms with van der Waals surface area (Å²) in [4.78, 5) is 8.45. The zero-order valence-electron chi connectivity index (χ0n) is 11.1. The Morgan fingerprint density at radius 1 is 1.38 bits per heavy atom. The number of aromatic nitrogens is 3. The number of pyridine rings is 1. The van der Waals surface area contributed by atoms with Gasteiger partial charge in [-0.25, -0.2) is 4.98 Å². The van der Waals surface area contributed by atoms with E-state index in [4.69, 9.17) is 4.74 Å². The van der Waals surface area contributed by atoms with Crippen LogP contribution in [0.15, 0.2) is 29.6 Å². The normalized spacial score (nSPS) is 14.0. The monoisotopic (exact) mass is 296 g/mol. The highest BCUT2D eigenvalue weighted by atomic mass is 19.4. The average Bonchev–Trinajstić information content (AvgIpc) is 3.02. The van der Waals surface area contributed by atoms with E-state index in [-0.39, 0.29) is 0 Å². The second kappa shape index (κ2) is 4.87. The van der Waals surface area contributed by atoms with Gasteiger partial charge in [-0.15, -0.1) is 0 Å². The van der Waals surface area contributed by atoms with Crippen LogP contribution in [0.25, 0.3) is 0 Å². The molecule has 0 N–H and O–H groups in total. The smallest absolute Gasteiger partial charge is 0.408 e. The third-order valence-corrected chi connectivity index (χ3v) is 3.09. The van der Waals surface area contributed by atoms with Crippen molar-refractivity contribution in [1.29, 1.82) is 0 Å². The van der Waals surface area contributed by atoms with Gasteiger partial charge in [0.15, 0.2) is 0 Å². The molecular formula is C13H11F3N4O. The van der Waals surface area contributed by atoms with E-state index in [1.807, 2.05) is 6.07 Å². The predicted octanol–water partition coefficient (Wildman–Crippen LogP) is 2.20. The molecule has 1 aliphatic heterocycles. The number of hydrogen-bond donors (Lipinski definition) is 0. The molecule has 0 saturated heterocycles. The molecule has 1 aliphatic rings. The average molecular weight is 296 g/mol. The largest absolute Gasteiger partial charge is 0.480 e. The van der Waals surface area contributed by atoms with Crippen molar-refractivity contribution in [2.45, 2.75) is 19.3 Å². The highest BCUT2D eigenvalue weighted by Gasteiger charge is 2.29. The molecule has 0 unspecified atom stereocenters. The van der Waals surface area contributed by atoms with Crippen molar-refractivity contribution < 1.29 is 17.9 Å². The molecule has 5 nitrogen and oxygen atoms in total. The number of methoxy groups -OCH3 is 1. The number of halogens is 3. The van der Waals surface area contributed by atoms with Crippen molar-refractivity contribution in [3.8, 4) is 5.88 Å². The Hall–Kier alpha value is -2.38. The molecule has 2 aromatic heterocycles. The molecule has 0 aromatic carbocycles. The van der Waals surface area contributed by atoms with Crippen LogP contribution in [-0.2, 0) is 13.1 Å². The Morgan fingerprint density at radius 3 is 2.90 bits per heavy atom. The third kappa shape index (κ3) is 2.61. The van der Waals surface area contributed by atoms with Crippen LogP contribution >= 0.6 is 0 Å². The summed E-state index contributed by atoms with van der Waals surface area (Å²) >= 11 is 0. The second-order valence-electron chi connectivity index (χ2n) is 4.56. The summed E-state index contributed by atoms with van der Waals surface area (Å²) in [5.74, 6) is 0.410. The van der Waals surface area contributed by atoms with E-state index in [1.165, 1.54) is 19.5 Å². The molecular weight excluding hydrogens is 285 g/mol. The molecule has 110 valence electrons. The lowest BCUT2D eigenvalue weighted by atomic mass is 10.0. The van der Waals surface area contributed by atoms with Gasteiger partial charge in [0.05, 0.1) is 31.1 Å². The Kier molecular flexibility index (Phi) is 3.15. The molecule has 0 atom stereocenters. The first-order chi connectivity index (χ1) is 9.98. The number of ether oxygens (including phenoxy) is 1. The number of nitrogens with zero attached hydrogens (tertiary/aromatic N) is 4. The van der Waals surface area contributed by atoms with Crippen LogP contribution in [-0.4, -0.2) is 33.8 Å². The Labute approximate surface area is 118 Å². The predicted molar refractivity (Wildman–Crippen MR) is 68.4 cm³/mol. The summed E-state index contributed by atoms with van der Waals surface area (Å²) in [6.07, 6.45) is 0.00110. The van der Waals surface area contributed by atoms with Gasteiger partial charge in [0.1, 0.15) is 6.54 Å². The zero-order valence-corrected chi connectivity index (χ0v) is 11.1. The second-order valence-corrected chi connectivity index (χ2v) is 4.56. The lowest BCUT2D eigenvalue weighted by Crippen LogP contribution is -2.17. The molecule has 2 aromatic rings. The summed E-state index contributed by atoms with van der Waals surface area (Å²) in [7, 11) is 1.49. The van der Waals surface area contributed by atoms with Crippen LogP contribution in [0.5, 0.6) is 5.88 Å². The Bertz CT molecular complexity index is 706. The van der Waals surface area contributed by atoms with Crippen molar-refractivity contribution in [2.75, 3.05) is 7.11 Å².